The SMILES string of the molecule is O=C(CCCNC(=O)c1cccs1)NCc1ccnc(OCc2ccccc2)c1. The van der Waals surface area contributed by atoms with Gasteiger partial charge in [0, 0.05) is 31.8 Å². The maximum atomic E-state index is 12.0. The summed E-state index contributed by atoms with van der Waals surface area (Å²) >= 11 is 1.40. The van der Waals surface area contributed by atoms with Crippen LogP contribution in [-0.4, -0.2) is 23.3 Å². The van der Waals surface area contributed by atoms with Gasteiger partial charge in [-0.3, -0.25) is 9.59 Å². The number of benzene rings is 1. The highest BCUT2D eigenvalue weighted by atomic mass is 32.1. The molecule has 0 bridgehead atoms. The molecule has 0 aliphatic carbocycles. The highest BCUT2D eigenvalue weighted by Crippen LogP contribution is 2.12. The zero-order chi connectivity index (χ0) is 20.3. The van der Waals surface area contributed by atoms with E-state index in [4.69, 9.17) is 4.74 Å². The summed E-state index contributed by atoms with van der Waals surface area (Å²) in [5, 5.41) is 7.56. The van der Waals surface area contributed by atoms with E-state index in [1.165, 1.54) is 11.3 Å². The smallest absolute Gasteiger partial charge is 0.261 e. The largest absolute Gasteiger partial charge is 0.473 e. The minimum atomic E-state index is -0.0970. The molecule has 29 heavy (non-hydrogen) atoms. The van der Waals surface area contributed by atoms with Crippen molar-refractivity contribution in [2.75, 3.05) is 6.54 Å². The Labute approximate surface area is 173 Å². The Morgan fingerprint density at radius 1 is 1.00 bits per heavy atom. The van der Waals surface area contributed by atoms with Crippen molar-refractivity contribution in [1.82, 2.24) is 15.6 Å². The molecule has 0 saturated heterocycles. The first kappa shape index (κ1) is 20.5. The average molecular weight is 410 g/mol. The highest BCUT2D eigenvalue weighted by molar-refractivity contribution is 7.12. The van der Waals surface area contributed by atoms with Crippen molar-refractivity contribution < 1.29 is 14.3 Å². The highest BCUT2D eigenvalue weighted by Gasteiger charge is 2.07. The van der Waals surface area contributed by atoms with Crippen molar-refractivity contribution in [1.29, 1.82) is 0 Å². The summed E-state index contributed by atoms with van der Waals surface area (Å²) in [5.41, 5.74) is 1.99. The Bertz CT molecular complexity index is 914. The fourth-order valence-electron chi connectivity index (χ4n) is 2.61. The molecule has 2 heterocycles. The fourth-order valence-corrected chi connectivity index (χ4v) is 3.25. The second-order valence-corrected chi connectivity index (χ2v) is 7.34. The first-order chi connectivity index (χ1) is 14.2. The molecule has 0 aliphatic heterocycles. The summed E-state index contributed by atoms with van der Waals surface area (Å²) in [6.07, 6.45) is 2.61. The first-order valence-electron chi connectivity index (χ1n) is 9.41. The molecule has 0 atom stereocenters. The molecule has 0 radical (unpaired) electrons. The van der Waals surface area contributed by atoms with E-state index in [1.54, 1.807) is 12.3 Å². The summed E-state index contributed by atoms with van der Waals surface area (Å²) in [6, 6.07) is 17.2. The molecule has 150 valence electrons. The topological polar surface area (TPSA) is 80.3 Å². The van der Waals surface area contributed by atoms with Crippen LogP contribution in [0.2, 0.25) is 0 Å². The van der Waals surface area contributed by atoms with Gasteiger partial charge in [-0.1, -0.05) is 36.4 Å². The van der Waals surface area contributed by atoms with Gasteiger partial charge in [-0.15, -0.1) is 11.3 Å². The molecular formula is C22H23N3O3S. The number of hydrogen-bond donors (Lipinski definition) is 2. The Morgan fingerprint density at radius 2 is 1.86 bits per heavy atom. The van der Waals surface area contributed by atoms with Crippen LogP contribution in [0.3, 0.4) is 0 Å². The van der Waals surface area contributed by atoms with Crippen molar-refractivity contribution >= 4 is 23.2 Å². The van der Waals surface area contributed by atoms with Gasteiger partial charge in [0.15, 0.2) is 0 Å². The summed E-state index contributed by atoms with van der Waals surface area (Å²) in [5.74, 6) is 0.371. The first-order valence-corrected chi connectivity index (χ1v) is 10.3. The second-order valence-electron chi connectivity index (χ2n) is 6.39. The van der Waals surface area contributed by atoms with E-state index < -0.39 is 0 Å². The summed E-state index contributed by atoms with van der Waals surface area (Å²) < 4.78 is 5.71. The van der Waals surface area contributed by atoms with Crippen LogP contribution in [0.4, 0.5) is 0 Å². The molecule has 3 rings (SSSR count). The van der Waals surface area contributed by atoms with E-state index in [-0.39, 0.29) is 11.8 Å². The monoisotopic (exact) mass is 409 g/mol. The van der Waals surface area contributed by atoms with Crippen LogP contribution in [0.5, 0.6) is 5.88 Å². The number of nitrogens with one attached hydrogen (secondary N) is 2. The predicted molar refractivity (Wildman–Crippen MR) is 113 cm³/mol. The lowest BCUT2D eigenvalue weighted by molar-refractivity contribution is -0.121. The summed E-state index contributed by atoms with van der Waals surface area (Å²) in [6.45, 7) is 1.32. The van der Waals surface area contributed by atoms with E-state index in [1.807, 2.05) is 53.9 Å². The normalized spacial score (nSPS) is 10.3. The maximum Gasteiger partial charge on any atom is 0.261 e. The Balaban J connectivity index is 1.35. The molecule has 0 saturated carbocycles. The van der Waals surface area contributed by atoms with Gasteiger partial charge in [-0.25, -0.2) is 4.98 Å². The van der Waals surface area contributed by atoms with Crippen molar-refractivity contribution in [2.24, 2.45) is 0 Å². The number of rotatable bonds is 10. The third kappa shape index (κ3) is 7.04. The van der Waals surface area contributed by atoms with Crippen molar-refractivity contribution in [2.45, 2.75) is 26.0 Å². The van der Waals surface area contributed by atoms with Gasteiger partial charge in [0.05, 0.1) is 4.88 Å². The van der Waals surface area contributed by atoms with E-state index in [0.29, 0.717) is 43.3 Å². The number of aromatic nitrogens is 1. The van der Waals surface area contributed by atoms with Gasteiger partial charge < -0.3 is 15.4 Å². The number of thiophene rings is 1. The van der Waals surface area contributed by atoms with Crippen LogP contribution in [0, 0.1) is 0 Å². The van der Waals surface area contributed by atoms with Gasteiger partial charge in [-0.05, 0) is 35.1 Å². The van der Waals surface area contributed by atoms with Crippen LogP contribution < -0.4 is 15.4 Å². The van der Waals surface area contributed by atoms with Crippen LogP contribution in [0.25, 0.3) is 0 Å². The standard InChI is InChI=1S/C22H23N3O3S/c26-20(9-4-11-24-22(27)19-8-5-13-29-19)25-15-18-10-12-23-21(14-18)28-16-17-6-2-1-3-7-17/h1-3,5-8,10,12-14H,4,9,11,15-16H2,(H,24,27)(H,25,26). The minimum Gasteiger partial charge on any atom is -0.473 e. The molecule has 1 aromatic carbocycles. The van der Waals surface area contributed by atoms with Crippen molar-refractivity contribution in [3.63, 3.8) is 0 Å². The number of nitrogens with zero attached hydrogens (tertiary/aromatic N) is 1. The van der Waals surface area contributed by atoms with E-state index in [2.05, 4.69) is 15.6 Å². The van der Waals surface area contributed by atoms with Gasteiger partial charge in [-0.2, -0.15) is 0 Å². The van der Waals surface area contributed by atoms with Gasteiger partial charge >= 0.3 is 0 Å². The maximum absolute atomic E-state index is 12.0. The van der Waals surface area contributed by atoms with Crippen molar-refractivity contribution in [3.05, 3.63) is 82.2 Å². The lowest BCUT2D eigenvalue weighted by atomic mass is 10.2. The Hall–Kier alpha value is -3.19. The van der Waals surface area contributed by atoms with Crippen molar-refractivity contribution in [3.8, 4) is 5.88 Å². The molecular weight excluding hydrogens is 386 g/mol. The molecule has 0 unspecified atom stereocenters. The van der Waals surface area contributed by atoms with E-state index in [9.17, 15) is 9.59 Å². The molecule has 2 amide bonds. The number of pyridine rings is 1. The third-order valence-electron chi connectivity index (χ3n) is 4.13. The van der Waals surface area contributed by atoms with E-state index >= 15 is 0 Å². The van der Waals surface area contributed by atoms with Gasteiger partial charge in [0.25, 0.3) is 5.91 Å². The molecule has 0 fully saturated rings. The van der Waals surface area contributed by atoms with Gasteiger partial charge in [0.1, 0.15) is 6.61 Å². The number of amides is 2. The van der Waals surface area contributed by atoms with Gasteiger partial charge in [0.2, 0.25) is 11.8 Å². The number of carbonyl (C=O) groups excluding carboxylic acids is 2. The molecule has 3 aromatic rings. The minimum absolute atomic E-state index is 0.0565. The van der Waals surface area contributed by atoms with Crippen LogP contribution in [-0.2, 0) is 17.9 Å². The Morgan fingerprint density at radius 3 is 2.66 bits per heavy atom. The molecule has 7 heteroatoms. The predicted octanol–water partition coefficient (Wildman–Crippen LogP) is 3.55. The fraction of sp³-hybridized carbons (Fsp3) is 0.227. The summed E-state index contributed by atoms with van der Waals surface area (Å²) in [4.78, 5) is 28.7. The summed E-state index contributed by atoms with van der Waals surface area (Å²) in [7, 11) is 0. The quantitative estimate of drug-likeness (QED) is 0.502. The Kier molecular flexibility index (Phi) is 7.77. The van der Waals surface area contributed by atoms with E-state index in [0.717, 1.165) is 11.1 Å². The molecule has 2 aromatic heterocycles. The second kappa shape index (κ2) is 11.0. The molecule has 0 spiro atoms. The lowest BCUT2D eigenvalue weighted by Gasteiger charge is -2.09. The zero-order valence-electron chi connectivity index (χ0n) is 16.0. The van der Waals surface area contributed by atoms with Crippen LogP contribution in [0.1, 0.15) is 33.6 Å². The third-order valence-corrected chi connectivity index (χ3v) is 5.00. The molecule has 0 aliphatic rings. The zero-order valence-corrected chi connectivity index (χ0v) is 16.8. The number of carbonyl (C=O) groups is 2. The van der Waals surface area contributed by atoms with Crippen LogP contribution in [0.15, 0.2) is 66.2 Å². The molecule has 2 N–H and O–H groups in total. The number of ether oxygens (including phenoxy) is 1. The number of hydrogen-bond acceptors (Lipinski definition) is 5. The molecule has 6 nitrogen and oxygen atoms in total. The lowest BCUT2D eigenvalue weighted by Crippen LogP contribution is -2.27. The average Bonchev–Trinajstić information content (AvgIpc) is 3.30. The van der Waals surface area contributed by atoms with Crippen LogP contribution >= 0.6 is 11.3 Å².